The molecule has 1 N–H and O–H groups in total. The number of carbonyl (C=O) groups excluding carboxylic acids is 1. The lowest BCUT2D eigenvalue weighted by Crippen LogP contribution is -2.36. The first-order valence-electron chi connectivity index (χ1n) is 6.05. The largest absolute Gasteiger partial charge is 0.355 e. The Morgan fingerprint density at radius 2 is 1.75 bits per heavy atom. The van der Waals surface area contributed by atoms with E-state index in [4.69, 9.17) is 0 Å². The van der Waals surface area contributed by atoms with Crippen molar-refractivity contribution in [2.45, 2.75) is 52.8 Å². The molecule has 3 heteroatoms. The van der Waals surface area contributed by atoms with Gasteiger partial charge in [-0.05, 0) is 17.8 Å². The number of halogens is 1. The van der Waals surface area contributed by atoms with E-state index in [-0.39, 0.29) is 11.8 Å². The molecule has 0 saturated carbocycles. The van der Waals surface area contributed by atoms with Crippen LogP contribution in [0.4, 0.5) is 0 Å². The standard InChI is InChI=1S/C13H26BrNO/c1-9(2)10(3)12(16)15-8-11(14)7-13(4,5)6/h9-11H,7-8H2,1-6H3,(H,15,16). The van der Waals surface area contributed by atoms with Crippen LogP contribution in [0, 0.1) is 17.3 Å². The molecule has 0 spiro atoms. The minimum Gasteiger partial charge on any atom is -0.355 e. The summed E-state index contributed by atoms with van der Waals surface area (Å²) in [6.45, 7) is 13.5. The van der Waals surface area contributed by atoms with Crippen LogP contribution in [0.2, 0.25) is 0 Å². The fraction of sp³-hybridized carbons (Fsp3) is 0.923. The predicted octanol–water partition coefficient (Wildman–Crippen LogP) is 3.59. The van der Waals surface area contributed by atoms with Crippen molar-refractivity contribution >= 4 is 21.8 Å². The van der Waals surface area contributed by atoms with E-state index in [9.17, 15) is 4.79 Å². The number of hydrogen-bond donors (Lipinski definition) is 1. The van der Waals surface area contributed by atoms with Gasteiger partial charge in [0.2, 0.25) is 5.91 Å². The van der Waals surface area contributed by atoms with Gasteiger partial charge in [0, 0.05) is 17.3 Å². The molecule has 1 amide bonds. The summed E-state index contributed by atoms with van der Waals surface area (Å²) >= 11 is 3.61. The summed E-state index contributed by atoms with van der Waals surface area (Å²) in [5.41, 5.74) is 0.294. The molecule has 0 aliphatic heterocycles. The number of alkyl halides is 1. The molecule has 0 saturated heterocycles. The zero-order chi connectivity index (χ0) is 12.9. The van der Waals surface area contributed by atoms with Gasteiger partial charge in [-0.25, -0.2) is 0 Å². The fourth-order valence-electron chi connectivity index (χ4n) is 1.41. The third-order valence-corrected chi connectivity index (χ3v) is 3.39. The van der Waals surface area contributed by atoms with Crippen molar-refractivity contribution in [2.24, 2.45) is 17.3 Å². The van der Waals surface area contributed by atoms with E-state index in [2.05, 4.69) is 55.9 Å². The maximum atomic E-state index is 11.7. The van der Waals surface area contributed by atoms with Crippen LogP contribution in [-0.2, 0) is 4.79 Å². The number of amides is 1. The lowest BCUT2D eigenvalue weighted by Gasteiger charge is -2.23. The highest BCUT2D eigenvalue weighted by molar-refractivity contribution is 9.09. The lowest BCUT2D eigenvalue weighted by molar-refractivity contribution is -0.125. The topological polar surface area (TPSA) is 29.1 Å². The van der Waals surface area contributed by atoms with Crippen LogP contribution in [0.1, 0.15) is 48.0 Å². The highest BCUT2D eigenvalue weighted by Gasteiger charge is 2.19. The van der Waals surface area contributed by atoms with Crippen LogP contribution < -0.4 is 5.32 Å². The molecule has 0 aliphatic carbocycles. The van der Waals surface area contributed by atoms with E-state index in [1.807, 2.05) is 6.92 Å². The summed E-state index contributed by atoms with van der Waals surface area (Å²) < 4.78 is 0. The molecule has 0 rings (SSSR count). The molecule has 96 valence electrons. The van der Waals surface area contributed by atoms with Gasteiger partial charge in [-0.3, -0.25) is 4.79 Å². The Bertz CT molecular complexity index is 220. The van der Waals surface area contributed by atoms with Gasteiger partial charge < -0.3 is 5.32 Å². The van der Waals surface area contributed by atoms with Gasteiger partial charge >= 0.3 is 0 Å². The van der Waals surface area contributed by atoms with Gasteiger partial charge in [-0.1, -0.05) is 57.5 Å². The molecule has 0 aromatic heterocycles. The van der Waals surface area contributed by atoms with Crippen LogP contribution in [0.3, 0.4) is 0 Å². The van der Waals surface area contributed by atoms with E-state index in [0.717, 1.165) is 6.42 Å². The van der Waals surface area contributed by atoms with Crippen molar-refractivity contribution in [1.29, 1.82) is 0 Å². The lowest BCUT2D eigenvalue weighted by atomic mass is 9.90. The Kier molecular flexibility index (Phi) is 6.61. The summed E-state index contributed by atoms with van der Waals surface area (Å²) in [6, 6.07) is 0. The SMILES string of the molecule is CC(C)C(C)C(=O)NCC(Br)CC(C)(C)C. The van der Waals surface area contributed by atoms with Gasteiger partial charge in [-0.15, -0.1) is 0 Å². The second-order valence-electron chi connectivity index (χ2n) is 6.14. The quantitative estimate of drug-likeness (QED) is 0.771. The number of hydrogen-bond acceptors (Lipinski definition) is 1. The van der Waals surface area contributed by atoms with Crippen molar-refractivity contribution in [1.82, 2.24) is 5.32 Å². The van der Waals surface area contributed by atoms with Crippen molar-refractivity contribution < 1.29 is 4.79 Å². The van der Waals surface area contributed by atoms with Crippen LogP contribution in [0.5, 0.6) is 0 Å². The van der Waals surface area contributed by atoms with Gasteiger partial charge in [-0.2, -0.15) is 0 Å². The van der Waals surface area contributed by atoms with E-state index in [1.54, 1.807) is 0 Å². The third kappa shape index (κ3) is 7.26. The maximum Gasteiger partial charge on any atom is 0.223 e. The molecular weight excluding hydrogens is 266 g/mol. The molecule has 0 aromatic rings. The van der Waals surface area contributed by atoms with E-state index >= 15 is 0 Å². The summed E-state index contributed by atoms with van der Waals surface area (Å²) in [6.07, 6.45) is 1.06. The summed E-state index contributed by atoms with van der Waals surface area (Å²) in [5, 5.41) is 3.00. The monoisotopic (exact) mass is 291 g/mol. The Hall–Kier alpha value is -0.0500. The molecule has 2 atom stereocenters. The summed E-state index contributed by atoms with van der Waals surface area (Å²) in [4.78, 5) is 12.1. The Balaban J connectivity index is 3.93. The van der Waals surface area contributed by atoms with E-state index < -0.39 is 0 Å². The van der Waals surface area contributed by atoms with E-state index in [0.29, 0.717) is 22.7 Å². The van der Waals surface area contributed by atoms with Crippen molar-refractivity contribution in [3.05, 3.63) is 0 Å². The smallest absolute Gasteiger partial charge is 0.223 e. The van der Waals surface area contributed by atoms with Crippen molar-refractivity contribution in [3.8, 4) is 0 Å². The minimum atomic E-state index is 0.0920. The second kappa shape index (κ2) is 6.63. The molecule has 2 nitrogen and oxygen atoms in total. The second-order valence-corrected chi connectivity index (χ2v) is 7.43. The third-order valence-electron chi connectivity index (χ3n) is 2.75. The first kappa shape index (κ1) is 16.0. The van der Waals surface area contributed by atoms with Crippen LogP contribution >= 0.6 is 15.9 Å². The van der Waals surface area contributed by atoms with E-state index in [1.165, 1.54) is 0 Å². The molecule has 16 heavy (non-hydrogen) atoms. The van der Waals surface area contributed by atoms with Crippen molar-refractivity contribution in [3.63, 3.8) is 0 Å². The highest BCUT2D eigenvalue weighted by atomic mass is 79.9. The zero-order valence-corrected chi connectivity index (χ0v) is 13.0. The Morgan fingerprint density at radius 1 is 1.25 bits per heavy atom. The molecule has 2 unspecified atom stereocenters. The first-order chi connectivity index (χ1) is 7.13. The van der Waals surface area contributed by atoms with Crippen LogP contribution in [-0.4, -0.2) is 17.3 Å². The van der Waals surface area contributed by atoms with Crippen LogP contribution in [0.15, 0.2) is 0 Å². The Morgan fingerprint density at radius 3 is 2.12 bits per heavy atom. The molecular formula is C13H26BrNO. The molecule has 0 aliphatic rings. The Labute approximate surface area is 109 Å². The number of nitrogens with one attached hydrogen (secondary N) is 1. The van der Waals surface area contributed by atoms with Gasteiger partial charge in [0.25, 0.3) is 0 Å². The van der Waals surface area contributed by atoms with Gasteiger partial charge in [0.1, 0.15) is 0 Å². The van der Waals surface area contributed by atoms with Gasteiger partial charge in [0.15, 0.2) is 0 Å². The molecule has 0 aromatic carbocycles. The normalized spacial score (nSPS) is 16.0. The zero-order valence-electron chi connectivity index (χ0n) is 11.4. The first-order valence-corrected chi connectivity index (χ1v) is 6.97. The minimum absolute atomic E-state index is 0.0920. The number of rotatable bonds is 5. The average Bonchev–Trinajstić information content (AvgIpc) is 2.09. The van der Waals surface area contributed by atoms with Crippen molar-refractivity contribution in [2.75, 3.05) is 6.54 Å². The van der Waals surface area contributed by atoms with Crippen LogP contribution in [0.25, 0.3) is 0 Å². The molecule has 0 radical (unpaired) electrons. The summed E-state index contributed by atoms with van der Waals surface area (Å²) in [7, 11) is 0. The fourth-order valence-corrected chi connectivity index (χ4v) is 2.54. The molecule has 0 bridgehead atoms. The molecule has 0 fully saturated rings. The van der Waals surface area contributed by atoms with Gasteiger partial charge in [0.05, 0.1) is 0 Å². The number of carbonyl (C=O) groups is 1. The molecule has 0 heterocycles. The highest BCUT2D eigenvalue weighted by Crippen LogP contribution is 2.24. The maximum absolute atomic E-state index is 11.7. The summed E-state index contributed by atoms with van der Waals surface area (Å²) in [5.74, 6) is 0.652. The predicted molar refractivity (Wildman–Crippen MR) is 73.8 cm³/mol. The average molecular weight is 292 g/mol.